The second-order valence-electron chi connectivity index (χ2n) is 6.20. The first-order chi connectivity index (χ1) is 13.8. The van der Waals surface area contributed by atoms with Crippen molar-refractivity contribution in [2.45, 2.75) is 0 Å². The fraction of sp³-hybridized carbons (Fsp3) is 0.0435. The predicted molar refractivity (Wildman–Crippen MR) is 112 cm³/mol. The van der Waals surface area contributed by atoms with Gasteiger partial charge in [0, 0.05) is 11.8 Å². The van der Waals surface area contributed by atoms with Crippen LogP contribution in [0.5, 0.6) is 5.75 Å². The van der Waals surface area contributed by atoms with E-state index in [1.54, 1.807) is 13.3 Å². The molecule has 0 bridgehead atoms. The van der Waals surface area contributed by atoms with E-state index in [4.69, 9.17) is 4.74 Å². The molecule has 1 N–H and O–H groups in total. The fourth-order valence-corrected chi connectivity index (χ4v) is 2.96. The molecule has 0 unspecified atom stereocenters. The van der Waals surface area contributed by atoms with Crippen LogP contribution < -0.4 is 10.3 Å². The van der Waals surface area contributed by atoms with Crippen LogP contribution in [0, 0.1) is 0 Å². The number of ether oxygens (including phenoxy) is 1. The van der Waals surface area contributed by atoms with Gasteiger partial charge in [-0.3, -0.25) is 14.9 Å². The normalized spacial score (nSPS) is 11.0. The maximum absolute atomic E-state index is 13.1. The summed E-state index contributed by atoms with van der Waals surface area (Å²) in [6.07, 6.45) is 1.61. The molecule has 1 aromatic heterocycles. The van der Waals surface area contributed by atoms with E-state index in [1.165, 1.54) is 4.68 Å². The number of aromatic nitrogens is 2. The molecule has 1 heterocycles. The zero-order valence-electron chi connectivity index (χ0n) is 15.4. The lowest BCUT2D eigenvalue weighted by Gasteiger charge is -2.01. The van der Waals surface area contributed by atoms with Crippen molar-refractivity contribution in [3.63, 3.8) is 0 Å². The predicted octanol–water partition coefficient (Wildman–Crippen LogP) is 4.59. The van der Waals surface area contributed by atoms with Crippen molar-refractivity contribution in [3.05, 3.63) is 101 Å². The summed E-state index contributed by atoms with van der Waals surface area (Å²) in [5, 5.41) is 3.23. The third kappa shape index (κ3) is 3.50. The molecule has 0 aliphatic rings. The molecule has 0 radical (unpaired) electrons. The number of aliphatic imine (C=N–C) groups is 1. The van der Waals surface area contributed by atoms with Crippen LogP contribution in [-0.2, 0) is 0 Å². The van der Waals surface area contributed by atoms with Gasteiger partial charge in [0.2, 0.25) is 0 Å². The number of aromatic amines is 1. The van der Waals surface area contributed by atoms with Crippen LogP contribution in [0.1, 0.15) is 5.56 Å². The summed E-state index contributed by atoms with van der Waals surface area (Å²) < 4.78 is 6.71. The van der Waals surface area contributed by atoms with Crippen LogP contribution in [0.25, 0.3) is 16.9 Å². The van der Waals surface area contributed by atoms with E-state index in [2.05, 4.69) is 10.1 Å². The van der Waals surface area contributed by atoms with Crippen molar-refractivity contribution < 1.29 is 4.74 Å². The van der Waals surface area contributed by atoms with Crippen LogP contribution in [0.2, 0.25) is 0 Å². The Labute approximate surface area is 162 Å². The fourth-order valence-electron chi connectivity index (χ4n) is 2.96. The van der Waals surface area contributed by atoms with Gasteiger partial charge < -0.3 is 4.74 Å². The zero-order valence-corrected chi connectivity index (χ0v) is 15.4. The van der Waals surface area contributed by atoms with Crippen molar-refractivity contribution >= 4 is 11.9 Å². The molecule has 0 amide bonds. The van der Waals surface area contributed by atoms with Crippen LogP contribution in [0.3, 0.4) is 0 Å². The van der Waals surface area contributed by atoms with Crippen LogP contribution in [0.15, 0.2) is 94.7 Å². The van der Waals surface area contributed by atoms with Crippen molar-refractivity contribution in [2.24, 2.45) is 4.99 Å². The number of rotatable bonds is 5. The smallest absolute Gasteiger partial charge is 0.280 e. The highest BCUT2D eigenvalue weighted by molar-refractivity contribution is 5.90. The number of methoxy groups -OCH3 is 1. The van der Waals surface area contributed by atoms with Gasteiger partial charge in [0.1, 0.15) is 5.75 Å². The minimum Gasteiger partial charge on any atom is -0.497 e. The number of H-pyrrole nitrogens is 1. The molecule has 0 saturated carbocycles. The summed E-state index contributed by atoms with van der Waals surface area (Å²) >= 11 is 0. The summed E-state index contributed by atoms with van der Waals surface area (Å²) in [5.74, 6) is 0.761. The van der Waals surface area contributed by atoms with E-state index >= 15 is 0 Å². The monoisotopic (exact) mass is 369 g/mol. The molecule has 0 atom stereocenters. The maximum atomic E-state index is 13.1. The molecule has 0 spiro atoms. The largest absolute Gasteiger partial charge is 0.497 e. The van der Waals surface area contributed by atoms with Gasteiger partial charge >= 0.3 is 0 Å². The molecule has 4 rings (SSSR count). The molecule has 0 fully saturated rings. The Kier molecular flexibility index (Phi) is 4.89. The summed E-state index contributed by atoms with van der Waals surface area (Å²) in [6.45, 7) is 0. The van der Waals surface area contributed by atoms with Crippen LogP contribution >= 0.6 is 0 Å². The van der Waals surface area contributed by atoms with E-state index in [0.29, 0.717) is 5.56 Å². The Morgan fingerprint density at radius 3 is 2.18 bits per heavy atom. The molecule has 0 aliphatic heterocycles. The van der Waals surface area contributed by atoms with E-state index in [-0.39, 0.29) is 5.56 Å². The molecule has 5 nitrogen and oxygen atoms in total. The van der Waals surface area contributed by atoms with Gasteiger partial charge in [0.15, 0.2) is 0 Å². The average Bonchev–Trinajstić information content (AvgIpc) is 3.10. The lowest BCUT2D eigenvalue weighted by atomic mass is 10.1. The minimum absolute atomic E-state index is 0.151. The van der Waals surface area contributed by atoms with Gasteiger partial charge in [0.25, 0.3) is 5.56 Å². The summed E-state index contributed by atoms with van der Waals surface area (Å²) in [6, 6.07) is 26.6. The lowest BCUT2D eigenvalue weighted by Crippen LogP contribution is -2.17. The van der Waals surface area contributed by atoms with Gasteiger partial charge in [-0.25, -0.2) is 4.68 Å². The first-order valence-electron chi connectivity index (χ1n) is 8.90. The highest BCUT2D eigenvalue weighted by Crippen LogP contribution is 2.21. The first kappa shape index (κ1) is 17.5. The highest BCUT2D eigenvalue weighted by atomic mass is 16.5. The Morgan fingerprint density at radius 2 is 1.54 bits per heavy atom. The van der Waals surface area contributed by atoms with E-state index < -0.39 is 0 Å². The van der Waals surface area contributed by atoms with E-state index in [1.807, 2.05) is 84.9 Å². The number of para-hydroxylation sites is 1. The third-order valence-corrected chi connectivity index (χ3v) is 4.42. The maximum Gasteiger partial charge on any atom is 0.280 e. The van der Waals surface area contributed by atoms with Gasteiger partial charge in [-0.05, 0) is 36.4 Å². The average molecular weight is 369 g/mol. The first-order valence-corrected chi connectivity index (χ1v) is 8.90. The second kappa shape index (κ2) is 7.80. The zero-order chi connectivity index (χ0) is 19.3. The second-order valence-corrected chi connectivity index (χ2v) is 6.20. The van der Waals surface area contributed by atoms with Crippen LogP contribution in [-0.4, -0.2) is 23.1 Å². The van der Waals surface area contributed by atoms with Gasteiger partial charge in [-0.2, -0.15) is 0 Å². The number of nitrogens with zero attached hydrogens (tertiary/aromatic N) is 2. The molecule has 28 heavy (non-hydrogen) atoms. The van der Waals surface area contributed by atoms with Gasteiger partial charge in [0.05, 0.1) is 29.7 Å². The van der Waals surface area contributed by atoms with Crippen LogP contribution in [0.4, 0.5) is 5.69 Å². The Hall–Kier alpha value is -3.86. The Bertz CT molecular complexity index is 1140. The SMILES string of the molecule is COc1ccc(N=Cc2c(-c3ccccc3)[nH]n(-c3ccccc3)c2=O)cc1. The summed E-state index contributed by atoms with van der Waals surface area (Å²) in [5.41, 5.74) is 3.52. The molecule has 4 aromatic rings. The number of hydrogen-bond acceptors (Lipinski definition) is 3. The quantitative estimate of drug-likeness (QED) is 0.523. The Balaban J connectivity index is 1.81. The third-order valence-electron chi connectivity index (χ3n) is 4.42. The Morgan fingerprint density at radius 1 is 0.893 bits per heavy atom. The summed E-state index contributed by atoms with van der Waals surface area (Å²) in [7, 11) is 1.62. The van der Waals surface area contributed by atoms with Crippen molar-refractivity contribution in [1.82, 2.24) is 9.78 Å². The van der Waals surface area contributed by atoms with Gasteiger partial charge in [-0.1, -0.05) is 48.5 Å². The highest BCUT2D eigenvalue weighted by Gasteiger charge is 2.15. The topological polar surface area (TPSA) is 59.4 Å². The minimum atomic E-state index is -0.151. The standard InChI is InChI=1S/C23H19N3O2/c1-28-20-14-12-18(13-15-20)24-16-21-22(17-8-4-2-5-9-17)25-26(23(21)27)19-10-6-3-7-11-19/h2-16,25H,1H3. The summed E-state index contributed by atoms with van der Waals surface area (Å²) in [4.78, 5) is 17.6. The molecular formula is C23H19N3O2. The molecule has 138 valence electrons. The van der Waals surface area contributed by atoms with E-state index in [9.17, 15) is 4.79 Å². The molecule has 3 aromatic carbocycles. The molecular weight excluding hydrogens is 350 g/mol. The molecule has 0 aliphatic carbocycles. The van der Waals surface area contributed by atoms with Crippen molar-refractivity contribution in [2.75, 3.05) is 7.11 Å². The van der Waals surface area contributed by atoms with Crippen molar-refractivity contribution in [3.8, 4) is 22.7 Å². The lowest BCUT2D eigenvalue weighted by molar-refractivity contribution is 0.415. The van der Waals surface area contributed by atoms with Gasteiger partial charge in [-0.15, -0.1) is 0 Å². The number of hydrogen-bond donors (Lipinski definition) is 1. The molecule has 5 heteroatoms. The van der Waals surface area contributed by atoms with E-state index in [0.717, 1.165) is 28.4 Å². The molecule has 0 saturated heterocycles. The van der Waals surface area contributed by atoms with Crippen molar-refractivity contribution in [1.29, 1.82) is 0 Å². The number of nitrogens with one attached hydrogen (secondary N) is 1. The number of benzene rings is 3.